The molecule has 0 spiro atoms. The summed E-state index contributed by atoms with van der Waals surface area (Å²) in [5.41, 5.74) is 3.89. The Bertz CT molecular complexity index is 726. The molecule has 0 bridgehead atoms. The standard InChI is InChI=1S/C17H17NO2/c1-5-13-15(6-2)18-16(10-17(13)19)14-8-7-12(20-4)9-11(14)3/h5-10H,1-2H2,3-4H3,(H,18,19). The van der Waals surface area contributed by atoms with Gasteiger partial charge in [0.05, 0.1) is 7.11 Å². The summed E-state index contributed by atoms with van der Waals surface area (Å²) in [5, 5.41) is 0. The van der Waals surface area contributed by atoms with E-state index in [1.54, 1.807) is 25.3 Å². The minimum Gasteiger partial charge on any atom is -0.497 e. The highest BCUT2D eigenvalue weighted by Gasteiger charge is 2.09. The summed E-state index contributed by atoms with van der Waals surface area (Å²) in [5.74, 6) is 0.792. The molecule has 0 aliphatic carbocycles. The molecular weight excluding hydrogens is 250 g/mol. The number of nitrogens with one attached hydrogen (secondary N) is 1. The topological polar surface area (TPSA) is 42.1 Å². The maximum Gasteiger partial charge on any atom is 0.189 e. The molecule has 0 atom stereocenters. The average molecular weight is 267 g/mol. The van der Waals surface area contributed by atoms with Gasteiger partial charge < -0.3 is 9.72 Å². The first-order valence-electron chi connectivity index (χ1n) is 6.28. The van der Waals surface area contributed by atoms with Gasteiger partial charge in [0, 0.05) is 28.6 Å². The fourth-order valence-corrected chi connectivity index (χ4v) is 2.17. The van der Waals surface area contributed by atoms with Crippen LogP contribution in [0.3, 0.4) is 0 Å². The van der Waals surface area contributed by atoms with Crippen LogP contribution >= 0.6 is 0 Å². The molecule has 3 nitrogen and oxygen atoms in total. The van der Waals surface area contributed by atoms with Gasteiger partial charge in [0.25, 0.3) is 0 Å². The van der Waals surface area contributed by atoms with Gasteiger partial charge >= 0.3 is 0 Å². The van der Waals surface area contributed by atoms with E-state index in [4.69, 9.17) is 4.74 Å². The zero-order valence-electron chi connectivity index (χ0n) is 11.7. The molecule has 0 unspecified atom stereocenters. The van der Waals surface area contributed by atoms with Crippen molar-refractivity contribution in [2.75, 3.05) is 7.11 Å². The van der Waals surface area contributed by atoms with E-state index in [1.165, 1.54) is 0 Å². The van der Waals surface area contributed by atoms with Crippen LogP contribution in [-0.2, 0) is 0 Å². The number of aromatic amines is 1. The van der Waals surface area contributed by atoms with Gasteiger partial charge in [-0.2, -0.15) is 0 Å². The van der Waals surface area contributed by atoms with Gasteiger partial charge in [-0.05, 0) is 36.8 Å². The highest BCUT2D eigenvalue weighted by atomic mass is 16.5. The second kappa shape index (κ2) is 5.61. The zero-order valence-corrected chi connectivity index (χ0v) is 11.7. The predicted molar refractivity (Wildman–Crippen MR) is 84.0 cm³/mol. The minimum atomic E-state index is -0.0705. The molecule has 0 amide bonds. The lowest BCUT2D eigenvalue weighted by molar-refractivity contribution is 0.414. The van der Waals surface area contributed by atoms with Gasteiger partial charge in [0.15, 0.2) is 5.43 Å². The SMILES string of the molecule is C=Cc1[nH]c(-c2ccc(OC)cc2C)cc(=O)c1C=C. The third-order valence-corrected chi connectivity index (χ3v) is 3.23. The van der Waals surface area contributed by atoms with E-state index >= 15 is 0 Å². The van der Waals surface area contributed by atoms with Crippen molar-refractivity contribution in [2.45, 2.75) is 6.92 Å². The fraction of sp³-hybridized carbons (Fsp3) is 0.118. The molecule has 0 saturated heterocycles. The van der Waals surface area contributed by atoms with Crippen molar-refractivity contribution < 1.29 is 4.74 Å². The van der Waals surface area contributed by atoms with Gasteiger partial charge in [-0.15, -0.1) is 0 Å². The predicted octanol–water partition coefficient (Wildman–Crippen LogP) is 3.64. The first kappa shape index (κ1) is 13.9. The summed E-state index contributed by atoms with van der Waals surface area (Å²) in [6.45, 7) is 9.36. The zero-order chi connectivity index (χ0) is 14.7. The van der Waals surface area contributed by atoms with E-state index in [0.717, 1.165) is 22.6 Å². The Kier molecular flexibility index (Phi) is 3.89. The molecule has 1 N–H and O–H groups in total. The van der Waals surface area contributed by atoms with Gasteiger partial charge in [-0.1, -0.05) is 19.2 Å². The maximum atomic E-state index is 12.1. The van der Waals surface area contributed by atoms with E-state index in [1.807, 2.05) is 25.1 Å². The lowest BCUT2D eigenvalue weighted by Crippen LogP contribution is -2.09. The number of hydrogen-bond acceptors (Lipinski definition) is 2. The van der Waals surface area contributed by atoms with Crippen molar-refractivity contribution in [2.24, 2.45) is 0 Å². The summed E-state index contributed by atoms with van der Waals surface area (Å²) >= 11 is 0. The Labute approximate surface area is 118 Å². The fourth-order valence-electron chi connectivity index (χ4n) is 2.17. The maximum absolute atomic E-state index is 12.1. The quantitative estimate of drug-likeness (QED) is 0.918. The normalized spacial score (nSPS) is 10.1. The van der Waals surface area contributed by atoms with Crippen molar-refractivity contribution in [1.82, 2.24) is 4.98 Å². The van der Waals surface area contributed by atoms with Crippen LogP contribution in [-0.4, -0.2) is 12.1 Å². The Hall–Kier alpha value is -2.55. The van der Waals surface area contributed by atoms with Crippen molar-refractivity contribution in [3.8, 4) is 17.0 Å². The summed E-state index contributed by atoms with van der Waals surface area (Å²) in [4.78, 5) is 15.3. The van der Waals surface area contributed by atoms with Gasteiger partial charge in [-0.25, -0.2) is 0 Å². The number of rotatable bonds is 4. The number of aromatic nitrogens is 1. The largest absolute Gasteiger partial charge is 0.497 e. The Morgan fingerprint density at radius 3 is 2.50 bits per heavy atom. The van der Waals surface area contributed by atoms with Crippen LogP contribution in [0.5, 0.6) is 5.75 Å². The van der Waals surface area contributed by atoms with Crippen LogP contribution in [0, 0.1) is 6.92 Å². The van der Waals surface area contributed by atoms with E-state index in [2.05, 4.69) is 18.1 Å². The summed E-state index contributed by atoms with van der Waals surface area (Å²) in [7, 11) is 1.63. The highest BCUT2D eigenvalue weighted by molar-refractivity contribution is 5.69. The molecule has 1 heterocycles. The molecule has 20 heavy (non-hydrogen) atoms. The molecule has 0 radical (unpaired) electrons. The van der Waals surface area contributed by atoms with Gasteiger partial charge in [0.1, 0.15) is 5.75 Å². The molecule has 3 heteroatoms. The van der Waals surface area contributed by atoms with Crippen LogP contribution < -0.4 is 10.2 Å². The lowest BCUT2D eigenvalue weighted by atomic mass is 10.0. The first-order chi connectivity index (χ1) is 9.60. The molecular formula is C17H17NO2. The number of hydrogen-bond donors (Lipinski definition) is 1. The third-order valence-electron chi connectivity index (χ3n) is 3.23. The van der Waals surface area contributed by atoms with Crippen molar-refractivity contribution >= 4 is 12.2 Å². The number of ether oxygens (including phenoxy) is 1. The van der Waals surface area contributed by atoms with Gasteiger partial charge in [0.2, 0.25) is 0 Å². The molecule has 0 aliphatic rings. The van der Waals surface area contributed by atoms with Crippen LogP contribution in [0.2, 0.25) is 0 Å². The van der Waals surface area contributed by atoms with Crippen LogP contribution in [0.4, 0.5) is 0 Å². The number of aryl methyl sites for hydroxylation is 1. The van der Waals surface area contributed by atoms with E-state index < -0.39 is 0 Å². The minimum absolute atomic E-state index is 0.0705. The number of benzene rings is 1. The third kappa shape index (κ3) is 2.43. The summed E-state index contributed by atoms with van der Waals surface area (Å²) in [6, 6.07) is 7.32. The first-order valence-corrected chi connectivity index (χ1v) is 6.28. The van der Waals surface area contributed by atoms with Crippen molar-refractivity contribution in [3.05, 3.63) is 64.5 Å². The van der Waals surface area contributed by atoms with Crippen molar-refractivity contribution in [3.63, 3.8) is 0 Å². The summed E-state index contributed by atoms with van der Waals surface area (Å²) in [6.07, 6.45) is 3.17. The molecule has 2 rings (SSSR count). The second-order valence-electron chi connectivity index (χ2n) is 4.46. The second-order valence-corrected chi connectivity index (χ2v) is 4.46. The molecule has 2 aromatic rings. The monoisotopic (exact) mass is 267 g/mol. The highest BCUT2D eigenvalue weighted by Crippen LogP contribution is 2.25. The van der Waals surface area contributed by atoms with E-state index in [-0.39, 0.29) is 5.43 Å². The van der Waals surface area contributed by atoms with E-state index in [0.29, 0.717) is 11.3 Å². The Morgan fingerprint density at radius 1 is 1.20 bits per heavy atom. The molecule has 0 saturated carbocycles. The van der Waals surface area contributed by atoms with Crippen LogP contribution in [0.25, 0.3) is 23.4 Å². The number of methoxy groups -OCH3 is 1. The average Bonchev–Trinajstić information content (AvgIpc) is 2.46. The number of H-pyrrole nitrogens is 1. The van der Waals surface area contributed by atoms with E-state index in [9.17, 15) is 4.79 Å². The molecule has 0 fully saturated rings. The van der Waals surface area contributed by atoms with Crippen LogP contribution in [0.1, 0.15) is 16.8 Å². The smallest absolute Gasteiger partial charge is 0.189 e. The Balaban J connectivity index is 2.64. The number of pyridine rings is 1. The molecule has 1 aromatic carbocycles. The molecule has 102 valence electrons. The summed E-state index contributed by atoms with van der Waals surface area (Å²) < 4.78 is 5.19. The lowest BCUT2D eigenvalue weighted by Gasteiger charge is -2.10. The molecule has 0 aliphatic heterocycles. The van der Waals surface area contributed by atoms with Gasteiger partial charge in [-0.3, -0.25) is 4.79 Å². The molecule has 1 aromatic heterocycles. The Morgan fingerprint density at radius 2 is 1.95 bits per heavy atom. The van der Waals surface area contributed by atoms with Crippen LogP contribution in [0.15, 0.2) is 42.2 Å². The van der Waals surface area contributed by atoms with Crippen molar-refractivity contribution in [1.29, 1.82) is 0 Å².